The summed E-state index contributed by atoms with van der Waals surface area (Å²) in [7, 11) is 0. The number of hydrogen-bond donors (Lipinski definition) is 0. The normalized spacial score (nSPS) is 21.3. The number of aromatic nitrogens is 3. The van der Waals surface area contributed by atoms with Crippen molar-refractivity contribution in [2.75, 3.05) is 19.7 Å². The van der Waals surface area contributed by atoms with Crippen LogP contribution in [0.1, 0.15) is 34.6 Å². The lowest BCUT2D eigenvalue weighted by atomic mass is 9.84. The van der Waals surface area contributed by atoms with E-state index in [1.165, 1.54) is 0 Å². The molecule has 2 fully saturated rings. The third-order valence-electron chi connectivity index (χ3n) is 4.87. The van der Waals surface area contributed by atoms with Crippen molar-refractivity contribution >= 4 is 5.91 Å². The largest absolute Gasteiger partial charge is 0.473 e. The molecule has 0 bridgehead atoms. The minimum atomic E-state index is -0.312. The molecule has 0 aliphatic carbocycles. The summed E-state index contributed by atoms with van der Waals surface area (Å²) >= 11 is 0. The van der Waals surface area contributed by atoms with Gasteiger partial charge in [-0.1, -0.05) is 0 Å². The van der Waals surface area contributed by atoms with E-state index >= 15 is 0 Å². The van der Waals surface area contributed by atoms with Crippen molar-refractivity contribution in [3.8, 4) is 5.88 Å². The number of ether oxygens (including phenoxy) is 2. The van der Waals surface area contributed by atoms with Gasteiger partial charge in [0, 0.05) is 30.9 Å². The highest BCUT2D eigenvalue weighted by Gasteiger charge is 2.50. The molecule has 136 valence electrons. The van der Waals surface area contributed by atoms with Crippen LogP contribution in [0.15, 0.2) is 30.7 Å². The van der Waals surface area contributed by atoms with Gasteiger partial charge in [-0.05, 0) is 26.0 Å². The van der Waals surface area contributed by atoms with Crippen LogP contribution in [0.2, 0.25) is 0 Å². The van der Waals surface area contributed by atoms with Crippen LogP contribution < -0.4 is 4.74 Å². The zero-order chi connectivity index (χ0) is 18.1. The average Bonchev–Trinajstić information content (AvgIpc) is 2.60. The van der Waals surface area contributed by atoms with E-state index in [1.807, 2.05) is 26.0 Å². The van der Waals surface area contributed by atoms with Gasteiger partial charge in [-0.3, -0.25) is 14.8 Å². The number of carbonyl (C=O) groups is 1. The molecule has 1 amide bonds. The van der Waals surface area contributed by atoms with Gasteiger partial charge in [-0.15, -0.1) is 0 Å². The summed E-state index contributed by atoms with van der Waals surface area (Å²) in [6.45, 7) is 5.58. The molecule has 0 radical (unpaired) electrons. The molecule has 2 aromatic rings. The van der Waals surface area contributed by atoms with Crippen molar-refractivity contribution in [3.05, 3.63) is 47.7 Å². The lowest BCUT2D eigenvalue weighted by Gasteiger charge is -2.52. The lowest BCUT2D eigenvalue weighted by molar-refractivity contribution is -0.174. The summed E-state index contributed by atoms with van der Waals surface area (Å²) in [6, 6.07) is 3.67. The molecule has 2 aliphatic heterocycles. The van der Waals surface area contributed by atoms with Crippen LogP contribution in [-0.4, -0.2) is 57.2 Å². The van der Waals surface area contributed by atoms with Crippen LogP contribution in [-0.2, 0) is 4.74 Å². The zero-order valence-corrected chi connectivity index (χ0v) is 15.0. The summed E-state index contributed by atoms with van der Waals surface area (Å²) in [5, 5.41) is 0. The smallest absolute Gasteiger partial charge is 0.255 e. The fourth-order valence-corrected chi connectivity index (χ4v) is 3.54. The minimum absolute atomic E-state index is 0.000632. The first-order valence-electron chi connectivity index (χ1n) is 8.84. The first-order valence-corrected chi connectivity index (χ1v) is 8.84. The van der Waals surface area contributed by atoms with Crippen molar-refractivity contribution in [1.29, 1.82) is 0 Å². The molecule has 0 saturated carbocycles. The van der Waals surface area contributed by atoms with Gasteiger partial charge < -0.3 is 14.4 Å². The third kappa shape index (κ3) is 3.39. The van der Waals surface area contributed by atoms with E-state index in [1.54, 1.807) is 23.5 Å². The third-order valence-corrected chi connectivity index (χ3v) is 4.87. The molecule has 0 unspecified atom stereocenters. The van der Waals surface area contributed by atoms with Gasteiger partial charge in [0.1, 0.15) is 11.7 Å². The maximum absolute atomic E-state index is 12.6. The Balaban J connectivity index is 1.36. The topological polar surface area (TPSA) is 77.4 Å². The van der Waals surface area contributed by atoms with E-state index in [4.69, 9.17) is 9.47 Å². The maximum atomic E-state index is 12.6. The number of carbonyl (C=O) groups excluding carboxylic acids is 1. The Labute approximate surface area is 152 Å². The van der Waals surface area contributed by atoms with Crippen LogP contribution in [0, 0.1) is 13.8 Å². The molecule has 2 aromatic heterocycles. The second kappa shape index (κ2) is 6.64. The van der Waals surface area contributed by atoms with Crippen molar-refractivity contribution < 1.29 is 14.3 Å². The summed E-state index contributed by atoms with van der Waals surface area (Å²) in [6.07, 6.45) is 6.56. The first kappa shape index (κ1) is 16.9. The summed E-state index contributed by atoms with van der Waals surface area (Å²) in [5.74, 6) is 0.546. The summed E-state index contributed by atoms with van der Waals surface area (Å²) < 4.78 is 12.0. The standard InChI is InChI=1S/C19H22N4O3/c1-13-3-4-15(9-21-13)18(24)23-11-19(12-23)7-16(5-6-25-19)26-17-10-20-8-14(2)22-17/h3-4,8-10,16H,5-7,11-12H2,1-2H3/t16-/m1/s1. The van der Waals surface area contributed by atoms with E-state index in [-0.39, 0.29) is 17.6 Å². The van der Waals surface area contributed by atoms with Crippen LogP contribution in [0.4, 0.5) is 0 Å². The molecule has 1 atom stereocenters. The number of pyridine rings is 1. The van der Waals surface area contributed by atoms with Gasteiger partial charge in [0.2, 0.25) is 5.88 Å². The molecule has 4 heterocycles. The number of likely N-dealkylation sites (tertiary alicyclic amines) is 1. The Morgan fingerprint density at radius 2 is 2.08 bits per heavy atom. The Morgan fingerprint density at radius 3 is 2.81 bits per heavy atom. The highest BCUT2D eigenvalue weighted by Crippen LogP contribution is 2.36. The number of nitrogens with zero attached hydrogens (tertiary/aromatic N) is 4. The van der Waals surface area contributed by atoms with Gasteiger partial charge in [0.25, 0.3) is 5.91 Å². The van der Waals surface area contributed by atoms with Crippen molar-refractivity contribution in [1.82, 2.24) is 19.9 Å². The second-order valence-corrected chi connectivity index (χ2v) is 7.11. The van der Waals surface area contributed by atoms with E-state index in [2.05, 4.69) is 15.0 Å². The monoisotopic (exact) mass is 354 g/mol. The van der Waals surface area contributed by atoms with Crippen LogP contribution in [0.3, 0.4) is 0 Å². The van der Waals surface area contributed by atoms with Gasteiger partial charge in [0.05, 0.1) is 37.2 Å². The molecular weight excluding hydrogens is 332 g/mol. The molecule has 26 heavy (non-hydrogen) atoms. The summed E-state index contributed by atoms with van der Waals surface area (Å²) in [4.78, 5) is 27.0. The highest BCUT2D eigenvalue weighted by molar-refractivity contribution is 5.94. The number of hydrogen-bond acceptors (Lipinski definition) is 6. The van der Waals surface area contributed by atoms with Gasteiger partial charge in [-0.25, -0.2) is 4.98 Å². The Bertz CT molecular complexity index is 803. The van der Waals surface area contributed by atoms with Gasteiger partial charge in [-0.2, -0.15) is 0 Å². The number of amides is 1. The number of aryl methyl sites for hydroxylation is 2. The minimum Gasteiger partial charge on any atom is -0.473 e. The van der Waals surface area contributed by atoms with Gasteiger partial charge in [0.15, 0.2) is 0 Å². The molecule has 7 heteroatoms. The predicted molar refractivity (Wildman–Crippen MR) is 94.0 cm³/mol. The zero-order valence-electron chi connectivity index (χ0n) is 15.0. The van der Waals surface area contributed by atoms with Crippen molar-refractivity contribution in [3.63, 3.8) is 0 Å². The lowest BCUT2D eigenvalue weighted by Crippen LogP contribution is -2.67. The summed E-state index contributed by atoms with van der Waals surface area (Å²) in [5.41, 5.74) is 2.03. The Kier molecular flexibility index (Phi) is 4.32. The maximum Gasteiger partial charge on any atom is 0.255 e. The molecule has 0 N–H and O–H groups in total. The average molecular weight is 354 g/mol. The fourth-order valence-electron chi connectivity index (χ4n) is 3.54. The molecule has 7 nitrogen and oxygen atoms in total. The van der Waals surface area contributed by atoms with E-state index < -0.39 is 0 Å². The molecule has 2 saturated heterocycles. The van der Waals surface area contributed by atoms with E-state index in [9.17, 15) is 4.79 Å². The quantitative estimate of drug-likeness (QED) is 0.838. The second-order valence-electron chi connectivity index (χ2n) is 7.11. The molecule has 4 rings (SSSR count). The van der Waals surface area contributed by atoms with Crippen molar-refractivity contribution in [2.24, 2.45) is 0 Å². The molecule has 0 aromatic carbocycles. The molecule has 2 aliphatic rings. The fraction of sp³-hybridized carbons (Fsp3) is 0.474. The Morgan fingerprint density at radius 1 is 1.23 bits per heavy atom. The predicted octanol–water partition coefficient (Wildman–Crippen LogP) is 1.94. The number of rotatable bonds is 3. The first-order chi connectivity index (χ1) is 12.5. The molecule has 1 spiro atoms. The van der Waals surface area contributed by atoms with Gasteiger partial charge >= 0.3 is 0 Å². The Hall–Kier alpha value is -2.54. The van der Waals surface area contributed by atoms with E-state index in [0.717, 1.165) is 24.2 Å². The highest BCUT2D eigenvalue weighted by atomic mass is 16.5. The van der Waals surface area contributed by atoms with Crippen LogP contribution in [0.25, 0.3) is 0 Å². The molecular formula is C19H22N4O3. The SMILES string of the molecule is Cc1ccc(C(=O)N2CC3(C[C@H](Oc4cncc(C)n4)CCO3)C2)cn1. The van der Waals surface area contributed by atoms with Crippen LogP contribution in [0.5, 0.6) is 5.88 Å². The van der Waals surface area contributed by atoms with Crippen molar-refractivity contribution in [2.45, 2.75) is 38.4 Å². The van der Waals surface area contributed by atoms with Crippen LogP contribution >= 0.6 is 0 Å². The van der Waals surface area contributed by atoms with E-state index in [0.29, 0.717) is 31.1 Å².